The van der Waals surface area contributed by atoms with E-state index in [1.54, 1.807) is 6.07 Å². The van der Waals surface area contributed by atoms with E-state index in [9.17, 15) is 0 Å². The molecule has 134 valence electrons. The predicted octanol–water partition coefficient (Wildman–Crippen LogP) is 5.06. The van der Waals surface area contributed by atoms with E-state index in [1.807, 2.05) is 55.5 Å². The molecule has 6 nitrogen and oxygen atoms in total. The third-order valence-electron chi connectivity index (χ3n) is 4.12. The Kier molecular flexibility index (Phi) is 4.48. The van der Waals surface area contributed by atoms with Crippen molar-refractivity contribution in [2.75, 3.05) is 16.4 Å². The zero-order valence-electron chi connectivity index (χ0n) is 14.6. The minimum absolute atomic E-state index is 0.391. The van der Waals surface area contributed by atoms with Gasteiger partial charge in [0.2, 0.25) is 0 Å². The second-order valence-corrected chi connectivity index (χ2v) is 6.45. The van der Waals surface area contributed by atoms with Crippen LogP contribution >= 0.6 is 11.6 Å². The van der Waals surface area contributed by atoms with Crippen LogP contribution in [0.2, 0.25) is 5.02 Å². The van der Waals surface area contributed by atoms with Crippen molar-refractivity contribution in [1.82, 2.24) is 15.0 Å². The van der Waals surface area contributed by atoms with E-state index < -0.39 is 0 Å². The molecule has 0 atom stereocenters. The van der Waals surface area contributed by atoms with Crippen molar-refractivity contribution in [3.63, 3.8) is 0 Å². The van der Waals surface area contributed by atoms with E-state index in [0.717, 1.165) is 28.0 Å². The van der Waals surface area contributed by atoms with E-state index in [1.165, 1.54) is 6.33 Å². The SMILES string of the molecule is Cc1ccc2cccc(Nc3ncnc(Nc4ccccc4Cl)c3N)c2n1. The summed E-state index contributed by atoms with van der Waals surface area (Å²) in [4.78, 5) is 13.1. The summed E-state index contributed by atoms with van der Waals surface area (Å²) in [5.74, 6) is 0.973. The summed E-state index contributed by atoms with van der Waals surface area (Å²) in [5, 5.41) is 8.04. The Labute approximate surface area is 161 Å². The highest BCUT2D eigenvalue weighted by Gasteiger charge is 2.12. The van der Waals surface area contributed by atoms with Gasteiger partial charge in [-0.2, -0.15) is 0 Å². The average Bonchev–Trinajstić information content (AvgIpc) is 2.67. The molecule has 7 heteroatoms. The lowest BCUT2D eigenvalue weighted by molar-refractivity contribution is 1.17. The van der Waals surface area contributed by atoms with Gasteiger partial charge in [-0.15, -0.1) is 0 Å². The van der Waals surface area contributed by atoms with E-state index in [-0.39, 0.29) is 0 Å². The van der Waals surface area contributed by atoms with Gasteiger partial charge in [-0.1, -0.05) is 41.9 Å². The Bertz CT molecular complexity index is 1130. The molecule has 0 aliphatic carbocycles. The highest BCUT2D eigenvalue weighted by atomic mass is 35.5. The Morgan fingerprint density at radius 1 is 0.852 bits per heavy atom. The van der Waals surface area contributed by atoms with Crippen molar-refractivity contribution in [3.8, 4) is 0 Å². The molecule has 0 unspecified atom stereocenters. The first-order valence-electron chi connectivity index (χ1n) is 8.37. The van der Waals surface area contributed by atoms with Crippen molar-refractivity contribution in [3.05, 3.63) is 71.6 Å². The Hall–Kier alpha value is -3.38. The van der Waals surface area contributed by atoms with Gasteiger partial charge in [-0.25, -0.2) is 9.97 Å². The number of para-hydroxylation sites is 2. The van der Waals surface area contributed by atoms with Crippen LogP contribution in [0.4, 0.5) is 28.7 Å². The monoisotopic (exact) mass is 376 g/mol. The van der Waals surface area contributed by atoms with E-state index in [0.29, 0.717) is 22.3 Å². The Morgan fingerprint density at radius 3 is 2.33 bits per heavy atom. The first-order valence-corrected chi connectivity index (χ1v) is 8.75. The molecular weight excluding hydrogens is 360 g/mol. The van der Waals surface area contributed by atoms with Crippen LogP contribution in [0.3, 0.4) is 0 Å². The van der Waals surface area contributed by atoms with Crippen molar-refractivity contribution in [2.24, 2.45) is 0 Å². The highest BCUT2D eigenvalue weighted by Crippen LogP contribution is 2.32. The lowest BCUT2D eigenvalue weighted by atomic mass is 10.1. The molecule has 0 aliphatic heterocycles. The minimum atomic E-state index is 0.391. The fourth-order valence-corrected chi connectivity index (χ4v) is 2.94. The standard InChI is InChI=1S/C20H17ClN6/c1-12-9-10-13-5-4-8-16(18(13)25-12)27-20-17(22)19(23-11-24-20)26-15-7-3-2-6-14(15)21/h2-11H,22H2,1H3,(H2,23,24,26,27). The number of nitrogens with zero attached hydrogens (tertiary/aromatic N) is 3. The van der Waals surface area contributed by atoms with Gasteiger partial charge in [-0.3, -0.25) is 4.98 Å². The Morgan fingerprint density at radius 2 is 1.56 bits per heavy atom. The fraction of sp³-hybridized carbons (Fsp3) is 0.0500. The second kappa shape index (κ2) is 7.09. The number of halogens is 1. The molecule has 27 heavy (non-hydrogen) atoms. The van der Waals surface area contributed by atoms with Gasteiger partial charge in [0, 0.05) is 11.1 Å². The molecule has 0 bridgehead atoms. The molecule has 2 heterocycles. The lowest BCUT2D eigenvalue weighted by Crippen LogP contribution is -2.05. The van der Waals surface area contributed by atoms with Gasteiger partial charge in [0.15, 0.2) is 11.6 Å². The van der Waals surface area contributed by atoms with E-state index in [4.69, 9.17) is 17.3 Å². The summed E-state index contributed by atoms with van der Waals surface area (Å²) in [5.41, 5.74) is 10.0. The maximum atomic E-state index is 6.29. The fourth-order valence-electron chi connectivity index (χ4n) is 2.76. The van der Waals surface area contributed by atoms with Gasteiger partial charge < -0.3 is 16.4 Å². The number of fused-ring (bicyclic) bond motifs is 1. The topological polar surface area (TPSA) is 88.8 Å². The molecule has 2 aromatic heterocycles. The van der Waals surface area contributed by atoms with Crippen molar-refractivity contribution in [1.29, 1.82) is 0 Å². The van der Waals surface area contributed by atoms with Crippen LogP contribution in [0.15, 0.2) is 60.9 Å². The third kappa shape index (κ3) is 3.47. The molecule has 0 amide bonds. The first-order chi connectivity index (χ1) is 13.1. The third-order valence-corrected chi connectivity index (χ3v) is 4.45. The molecular formula is C20H17ClN6. The van der Waals surface area contributed by atoms with Crippen LogP contribution in [0.25, 0.3) is 10.9 Å². The minimum Gasteiger partial charge on any atom is -0.393 e. The molecule has 0 radical (unpaired) electrons. The number of rotatable bonds is 4. The summed E-state index contributed by atoms with van der Waals surface area (Å²) in [6.45, 7) is 1.96. The zero-order valence-corrected chi connectivity index (χ0v) is 15.3. The maximum Gasteiger partial charge on any atom is 0.159 e. The number of aromatic nitrogens is 3. The molecule has 0 fully saturated rings. The van der Waals surface area contributed by atoms with E-state index >= 15 is 0 Å². The summed E-state index contributed by atoms with van der Waals surface area (Å²) in [6, 6.07) is 17.3. The zero-order chi connectivity index (χ0) is 18.8. The smallest absolute Gasteiger partial charge is 0.159 e. The number of hydrogen-bond donors (Lipinski definition) is 3. The summed E-state index contributed by atoms with van der Waals surface area (Å²) in [7, 11) is 0. The summed E-state index contributed by atoms with van der Waals surface area (Å²) in [6.07, 6.45) is 1.45. The van der Waals surface area contributed by atoms with Gasteiger partial charge in [0.1, 0.15) is 12.0 Å². The maximum absolute atomic E-state index is 6.29. The number of nitrogens with two attached hydrogens (primary N) is 1. The van der Waals surface area contributed by atoms with Crippen LogP contribution in [0, 0.1) is 6.92 Å². The number of anilines is 5. The van der Waals surface area contributed by atoms with Crippen LogP contribution < -0.4 is 16.4 Å². The Balaban J connectivity index is 1.70. The molecule has 4 aromatic rings. The van der Waals surface area contributed by atoms with Crippen LogP contribution in [-0.4, -0.2) is 15.0 Å². The lowest BCUT2D eigenvalue weighted by Gasteiger charge is -2.14. The number of aryl methyl sites for hydroxylation is 1. The summed E-state index contributed by atoms with van der Waals surface area (Å²) >= 11 is 6.21. The van der Waals surface area contributed by atoms with Crippen LogP contribution in [0.1, 0.15) is 5.69 Å². The molecule has 4 rings (SSSR count). The van der Waals surface area contributed by atoms with Gasteiger partial charge in [0.25, 0.3) is 0 Å². The number of hydrogen-bond acceptors (Lipinski definition) is 6. The average molecular weight is 377 g/mol. The molecule has 2 aromatic carbocycles. The normalized spacial score (nSPS) is 10.7. The predicted molar refractivity (Wildman–Crippen MR) is 111 cm³/mol. The van der Waals surface area contributed by atoms with Crippen molar-refractivity contribution in [2.45, 2.75) is 6.92 Å². The van der Waals surface area contributed by atoms with E-state index in [2.05, 4.69) is 25.6 Å². The quantitative estimate of drug-likeness (QED) is 0.461. The van der Waals surface area contributed by atoms with Crippen LogP contribution in [-0.2, 0) is 0 Å². The number of nitrogens with one attached hydrogen (secondary N) is 2. The number of nitrogen functional groups attached to an aromatic ring is 1. The molecule has 0 saturated heterocycles. The molecule has 0 saturated carbocycles. The highest BCUT2D eigenvalue weighted by molar-refractivity contribution is 6.33. The summed E-state index contributed by atoms with van der Waals surface area (Å²) < 4.78 is 0. The van der Waals surface area contributed by atoms with Crippen molar-refractivity contribution >= 4 is 51.2 Å². The van der Waals surface area contributed by atoms with Gasteiger partial charge in [-0.05, 0) is 31.2 Å². The molecule has 0 aliphatic rings. The molecule has 0 spiro atoms. The van der Waals surface area contributed by atoms with Crippen LogP contribution in [0.5, 0.6) is 0 Å². The first kappa shape index (κ1) is 17.1. The number of pyridine rings is 1. The number of benzene rings is 2. The largest absolute Gasteiger partial charge is 0.393 e. The van der Waals surface area contributed by atoms with Gasteiger partial charge in [0.05, 0.1) is 21.9 Å². The molecule has 4 N–H and O–H groups in total. The van der Waals surface area contributed by atoms with Crippen molar-refractivity contribution < 1.29 is 0 Å². The second-order valence-electron chi connectivity index (χ2n) is 6.04. The van der Waals surface area contributed by atoms with Gasteiger partial charge >= 0.3 is 0 Å².